The van der Waals surface area contributed by atoms with E-state index in [1.165, 1.54) is 25.7 Å². The lowest BCUT2D eigenvalue weighted by Gasteiger charge is -2.23. The minimum absolute atomic E-state index is 0.0546. The van der Waals surface area contributed by atoms with Gasteiger partial charge in [0.05, 0.1) is 0 Å². The molecule has 0 aromatic carbocycles. The number of unbranched alkanes of at least 4 members (excludes halogenated alkanes) is 5. The minimum Gasteiger partial charge on any atom is -0.465 e. The van der Waals surface area contributed by atoms with Gasteiger partial charge in [-0.1, -0.05) is 39.0 Å². The highest BCUT2D eigenvalue weighted by Crippen LogP contribution is 2.32. The fourth-order valence-corrected chi connectivity index (χ4v) is 2.50. The molecule has 0 aromatic rings. The first-order valence-electron chi connectivity index (χ1n) is 7.51. The summed E-state index contributed by atoms with van der Waals surface area (Å²) in [4.78, 5) is 21.2. The van der Waals surface area contributed by atoms with E-state index < -0.39 is 18.0 Å². The number of carbonyl (C=O) groups excluding carboxylic acids is 2. The summed E-state index contributed by atoms with van der Waals surface area (Å²) in [5, 5.41) is 0. The highest BCUT2D eigenvalue weighted by Gasteiger charge is 2.44. The van der Waals surface area contributed by atoms with Crippen molar-refractivity contribution in [2.24, 2.45) is 0 Å². The summed E-state index contributed by atoms with van der Waals surface area (Å²) in [6, 6.07) is 0. The molecule has 0 aliphatic carbocycles. The summed E-state index contributed by atoms with van der Waals surface area (Å²) in [7, 11) is 0. The summed E-state index contributed by atoms with van der Waals surface area (Å²) < 4.78 is 16.1. The van der Waals surface area contributed by atoms with Crippen LogP contribution in [0.4, 0.5) is 0 Å². The molecule has 0 aromatic heterocycles. The average molecular weight is 286 g/mol. The zero-order chi connectivity index (χ0) is 14.8. The van der Waals surface area contributed by atoms with Gasteiger partial charge in [0.1, 0.15) is 18.8 Å². The molecule has 1 aliphatic heterocycles. The molecule has 0 N–H and O–H groups in total. The van der Waals surface area contributed by atoms with Crippen molar-refractivity contribution in [1.29, 1.82) is 0 Å². The molecule has 0 saturated carbocycles. The normalized spacial score (nSPS) is 29.3. The Kier molecular flexibility index (Phi) is 7.77. The maximum Gasteiger partial charge on any atom is 0.293 e. The van der Waals surface area contributed by atoms with Crippen LogP contribution in [0.5, 0.6) is 0 Å². The van der Waals surface area contributed by atoms with Crippen molar-refractivity contribution in [3.63, 3.8) is 0 Å². The Bertz CT molecular complexity index is 294. The van der Waals surface area contributed by atoms with Gasteiger partial charge >= 0.3 is 0 Å². The third-order valence-electron chi connectivity index (χ3n) is 3.60. The molecule has 5 nitrogen and oxygen atoms in total. The van der Waals surface area contributed by atoms with Crippen LogP contribution in [0.25, 0.3) is 0 Å². The van der Waals surface area contributed by atoms with Crippen molar-refractivity contribution in [2.75, 3.05) is 6.61 Å². The van der Waals surface area contributed by atoms with E-state index in [0.717, 1.165) is 19.3 Å². The van der Waals surface area contributed by atoms with Crippen molar-refractivity contribution in [3.05, 3.63) is 0 Å². The van der Waals surface area contributed by atoms with Crippen LogP contribution in [0.1, 0.15) is 58.8 Å². The molecule has 0 radical (unpaired) electrons. The van der Waals surface area contributed by atoms with Crippen molar-refractivity contribution < 1.29 is 23.8 Å². The van der Waals surface area contributed by atoms with Gasteiger partial charge in [0, 0.05) is 6.42 Å². The third kappa shape index (κ3) is 5.59. The fourth-order valence-electron chi connectivity index (χ4n) is 2.50. The van der Waals surface area contributed by atoms with Crippen LogP contribution in [0, 0.1) is 0 Å². The number of hydrogen-bond donors (Lipinski definition) is 0. The van der Waals surface area contributed by atoms with E-state index in [1.54, 1.807) is 0 Å². The van der Waals surface area contributed by atoms with Crippen LogP contribution >= 0.6 is 0 Å². The van der Waals surface area contributed by atoms with Gasteiger partial charge in [-0.2, -0.15) is 0 Å². The topological polar surface area (TPSA) is 61.8 Å². The molecule has 3 atom stereocenters. The third-order valence-corrected chi connectivity index (χ3v) is 3.60. The maximum atomic E-state index is 11.0. The maximum absolute atomic E-state index is 11.0. The Morgan fingerprint density at radius 2 is 1.80 bits per heavy atom. The van der Waals surface area contributed by atoms with Crippen LogP contribution in [0.2, 0.25) is 0 Å². The molecule has 3 unspecified atom stereocenters. The lowest BCUT2D eigenvalue weighted by Crippen LogP contribution is -2.28. The predicted octanol–water partition coefficient (Wildman–Crippen LogP) is 2.61. The van der Waals surface area contributed by atoms with Crippen LogP contribution in [0.15, 0.2) is 0 Å². The summed E-state index contributed by atoms with van der Waals surface area (Å²) in [6.45, 7) is 4.45. The Hall–Kier alpha value is -0.940. The second-order valence-electron chi connectivity index (χ2n) is 5.46. The van der Waals surface area contributed by atoms with Crippen LogP contribution in [-0.2, 0) is 23.8 Å². The molecule has 1 heterocycles. The molecule has 0 amide bonds. The van der Waals surface area contributed by atoms with E-state index >= 15 is 0 Å². The first-order chi connectivity index (χ1) is 9.65. The number of hydrogen-bond acceptors (Lipinski definition) is 5. The molecule has 116 valence electrons. The van der Waals surface area contributed by atoms with Gasteiger partial charge in [0.2, 0.25) is 0 Å². The Morgan fingerprint density at radius 3 is 2.45 bits per heavy atom. The van der Waals surface area contributed by atoms with Gasteiger partial charge in [-0.3, -0.25) is 4.79 Å². The van der Waals surface area contributed by atoms with Crippen LogP contribution in [-0.4, -0.2) is 37.4 Å². The second-order valence-corrected chi connectivity index (χ2v) is 5.46. The van der Waals surface area contributed by atoms with E-state index in [0.29, 0.717) is 12.8 Å². The van der Waals surface area contributed by atoms with Crippen molar-refractivity contribution in [1.82, 2.24) is 0 Å². The standard InChI is InChI=1S/C15H26O5/c1-3-4-5-6-7-8-9-15(2)19-13(10-16)14(20-15)11-18-12-17/h10,12-14H,3-9,11H2,1-2H3. The first-order valence-corrected chi connectivity index (χ1v) is 7.51. The Balaban J connectivity index is 2.29. The van der Waals surface area contributed by atoms with Gasteiger partial charge in [0.15, 0.2) is 12.1 Å². The highest BCUT2D eigenvalue weighted by atomic mass is 16.8. The van der Waals surface area contributed by atoms with Crippen molar-refractivity contribution in [2.45, 2.75) is 76.8 Å². The quantitative estimate of drug-likeness (QED) is 0.431. The summed E-state index contributed by atoms with van der Waals surface area (Å²) in [6.07, 6.45) is 7.47. The lowest BCUT2D eigenvalue weighted by molar-refractivity contribution is -0.171. The van der Waals surface area contributed by atoms with E-state index in [2.05, 4.69) is 11.7 Å². The van der Waals surface area contributed by atoms with E-state index in [4.69, 9.17) is 9.47 Å². The molecule has 0 bridgehead atoms. The smallest absolute Gasteiger partial charge is 0.293 e. The van der Waals surface area contributed by atoms with Gasteiger partial charge < -0.3 is 19.0 Å². The molecule has 0 spiro atoms. The second kappa shape index (κ2) is 9.08. The predicted molar refractivity (Wildman–Crippen MR) is 74.2 cm³/mol. The lowest BCUT2D eigenvalue weighted by atomic mass is 10.1. The zero-order valence-electron chi connectivity index (χ0n) is 12.5. The van der Waals surface area contributed by atoms with Crippen molar-refractivity contribution >= 4 is 12.8 Å². The van der Waals surface area contributed by atoms with E-state index in [1.807, 2.05) is 6.92 Å². The van der Waals surface area contributed by atoms with Gasteiger partial charge in [0.25, 0.3) is 6.47 Å². The molecule has 1 rings (SSSR count). The van der Waals surface area contributed by atoms with E-state index in [9.17, 15) is 9.59 Å². The minimum atomic E-state index is -0.743. The number of aldehydes is 1. The molecule has 1 saturated heterocycles. The van der Waals surface area contributed by atoms with Crippen molar-refractivity contribution in [3.8, 4) is 0 Å². The van der Waals surface area contributed by atoms with Gasteiger partial charge in [-0.25, -0.2) is 0 Å². The van der Waals surface area contributed by atoms with Crippen LogP contribution < -0.4 is 0 Å². The van der Waals surface area contributed by atoms with Gasteiger partial charge in [-0.05, 0) is 13.3 Å². The zero-order valence-corrected chi connectivity index (χ0v) is 12.5. The molecule has 20 heavy (non-hydrogen) atoms. The molecule has 5 heteroatoms. The average Bonchev–Trinajstić information content (AvgIpc) is 2.77. The summed E-state index contributed by atoms with van der Waals surface area (Å²) in [5.41, 5.74) is 0. The van der Waals surface area contributed by atoms with E-state index in [-0.39, 0.29) is 6.61 Å². The Labute approximate surface area is 121 Å². The largest absolute Gasteiger partial charge is 0.465 e. The SMILES string of the molecule is CCCCCCCCC1(C)OC(C=O)C(COC=O)O1. The Morgan fingerprint density at radius 1 is 1.10 bits per heavy atom. The number of ether oxygens (including phenoxy) is 3. The van der Waals surface area contributed by atoms with Gasteiger partial charge in [-0.15, -0.1) is 0 Å². The number of carbonyl (C=O) groups is 2. The molecule has 1 fully saturated rings. The molecular formula is C15H26O5. The molecular weight excluding hydrogens is 260 g/mol. The monoisotopic (exact) mass is 286 g/mol. The van der Waals surface area contributed by atoms with Crippen LogP contribution in [0.3, 0.4) is 0 Å². The molecule has 1 aliphatic rings. The summed E-state index contributed by atoms with van der Waals surface area (Å²) >= 11 is 0. The summed E-state index contributed by atoms with van der Waals surface area (Å²) in [5.74, 6) is -0.743. The first kappa shape index (κ1) is 17.1. The fraction of sp³-hybridized carbons (Fsp3) is 0.867. The highest BCUT2D eigenvalue weighted by molar-refractivity contribution is 5.57. The number of rotatable bonds is 11.